The summed E-state index contributed by atoms with van der Waals surface area (Å²) in [6.45, 7) is 2.17. The maximum Gasteiger partial charge on any atom is 0.352 e. The van der Waals surface area contributed by atoms with Gasteiger partial charge in [0, 0.05) is 18.8 Å². The third kappa shape index (κ3) is 3.24. The summed E-state index contributed by atoms with van der Waals surface area (Å²) in [4.78, 5) is 36.3. The fraction of sp³-hybridized carbons (Fsp3) is 0.500. The molecule has 1 aliphatic heterocycles. The lowest BCUT2D eigenvalue weighted by Gasteiger charge is -2.37. The van der Waals surface area contributed by atoms with Crippen LogP contribution in [0.25, 0.3) is 0 Å². The number of aromatic carboxylic acids is 1. The van der Waals surface area contributed by atoms with Gasteiger partial charge in [-0.25, -0.2) is 4.79 Å². The van der Waals surface area contributed by atoms with Crippen LogP contribution in [0, 0.1) is 5.92 Å². The average Bonchev–Trinajstić information content (AvgIpc) is 2.87. The maximum absolute atomic E-state index is 12.4. The van der Waals surface area contributed by atoms with Crippen molar-refractivity contribution in [2.75, 3.05) is 6.54 Å². The Kier molecular flexibility index (Phi) is 4.30. The van der Waals surface area contributed by atoms with E-state index in [0.29, 0.717) is 13.0 Å². The number of piperidine rings is 1. The fourth-order valence-electron chi connectivity index (χ4n) is 2.67. The number of aromatic nitrogens is 1. The third-order valence-electron chi connectivity index (χ3n) is 3.96. The average molecular weight is 293 g/mol. The normalized spacial score (nSPS) is 22.0. The highest BCUT2D eigenvalue weighted by Gasteiger charge is 2.31. The number of amides is 2. The van der Waals surface area contributed by atoms with E-state index in [1.165, 1.54) is 10.6 Å². The number of likely N-dealkylation sites (tertiary alicyclic amines) is 1. The molecule has 3 N–H and O–H groups in total. The predicted octanol–water partition coefficient (Wildman–Crippen LogP) is 0.299. The molecule has 0 aliphatic carbocycles. The molecule has 114 valence electrons. The van der Waals surface area contributed by atoms with Crippen molar-refractivity contribution in [3.8, 4) is 0 Å². The maximum atomic E-state index is 12.4. The summed E-state index contributed by atoms with van der Waals surface area (Å²) in [5.41, 5.74) is 5.38. The molecule has 0 radical (unpaired) electrons. The highest BCUT2D eigenvalue weighted by Crippen LogP contribution is 2.22. The summed E-state index contributed by atoms with van der Waals surface area (Å²) >= 11 is 0. The molecular weight excluding hydrogens is 274 g/mol. The van der Waals surface area contributed by atoms with E-state index in [4.69, 9.17) is 10.8 Å². The van der Waals surface area contributed by atoms with E-state index in [-0.39, 0.29) is 30.1 Å². The molecule has 2 atom stereocenters. The number of nitrogens with two attached hydrogens (primary N) is 1. The Morgan fingerprint density at radius 1 is 1.38 bits per heavy atom. The van der Waals surface area contributed by atoms with Gasteiger partial charge in [0.1, 0.15) is 12.2 Å². The van der Waals surface area contributed by atoms with Crippen molar-refractivity contribution < 1.29 is 19.5 Å². The first-order valence-electron chi connectivity index (χ1n) is 6.87. The van der Waals surface area contributed by atoms with Crippen LogP contribution in [0.2, 0.25) is 0 Å². The van der Waals surface area contributed by atoms with E-state index in [9.17, 15) is 14.4 Å². The molecule has 7 nitrogen and oxygen atoms in total. The standard InChI is InChI=1S/C14H19N3O4/c1-9-4-5-10(13(15)19)7-17(9)12(18)8-16-6-2-3-11(16)14(20)21/h2-3,6,9-10H,4-5,7-8H2,1H3,(H2,15,19)(H,20,21). The highest BCUT2D eigenvalue weighted by atomic mass is 16.4. The summed E-state index contributed by atoms with van der Waals surface area (Å²) in [7, 11) is 0. The van der Waals surface area contributed by atoms with E-state index in [1.807, 2.05) is 6.92 Å². The van der Waals surface area contributed by atoms with Crippen molar-refractivity contribution in [1.82, 2.24) is 9.47 Å². The Balaban J connectivity index is 2.09. The minimum atomic E-state index is -1.07. The molecule has 0 spiro atoms. The summed E-state index contributed by atoms with van der Waals surface area (Å²) in [6, 6.07) is 3.06. The number of carbonyl (C=O) groups is 3. The lowest BCUT2D eigenvalue weighted by molar-refractivity contribution is -0.138. The molecule has 2 heterocycles. The second-order valence-electron chi connectivity index (χ2n) is 5.40. The first-order valence-corrected chi connectivity index (χ1v) is 6.87. The van der Waals surface area contributed by atoms with Crippen LogP contribution >= 0.6 is 0 Å². The van der Waals surface area contributed by atoms with Gasteiger partial charge in [0.15, 0.2) is 0 Å². The van der Waals surface area contributed by atoms with Gasteiger partial charge in [-0.05, 0) is 31.9 Å². The largest absolute Gasteiger partial charge is 0.477 e. The lowest BCUT2D eigenvalue weighted by Crippen LogP contribution is -2.49. The molecule has 0 bridgehead atoms. The van der Waals surface area contributed by atoms with Crippen LogP contribution in [0.4, 0.5) is 0 Å². The number of carbonyl (C=O) groups excluding carboxylic acids is 2. The van der Waals surface area contributed by atoms with Gasteiger partial charge in [-0.2, -0.15) is 0 Å². The van der Waals surface area contributed by atoms with Crippen molar-refractivity contribution in [3.63, 3.8) is 0 Å². The van der Waals surface area contributed by atoms with Crippen molar-refractivity contribution >= 4 is 17.8 Å². The Morgan fingerprint density at radius 2 is 2.10 bits per heavy atom. The molecule has 0 saturated carbocycles. The van der Waals surface area contributed by atoms with Gasteiger partial charge in [0.25, 0.3) is 0 Å². The molecule has 1 aromatic rings. The second kappa shape index (κ2) is 5.99. The molecule has 1 aliphatic rings. The minimum absolute atomic E-state index is 0.0249. The van der Waals surface area contributed by atoms with Gasteiger partial charge in [0.05, 0.1) is 5.92 Å². The summed E-state index contributed by atoms with van der Waals surface area (Å²) in [6.07, 6.45) is 2.96. The monoisotopic (exact) mass is 293 g/mol. The fourth-order valence-corrected chi connectivity index (χ4v) is 2.67. The zero-order chi connectivity index (χ0) is 15.6. The molecule has 2 amide bonds. The molecule has 0 aromatic carbocycles. The molecule has 7 heteroatoms. The topological polar surface area (TPSA) is 106 Å². The van der Waals surface area contributed by atoms with Gasteiger partial charge >= 0.3 is 5.97 Å². The van der Waals surface area contributed by atoms with Crippen molar-refractivity contribution in [1.29, 1.82) is 0 Å². The number of nitrogens with zero attached hydrogens (tertiary/aromatic N) is 2. The first-order chi connectivity index (χ1) is 9.90. The second-order valence-corrected chi connectivity index (χ2v) is 5.40. The van der Waals surface area contributed by atoms with Gasteiger partial charge in [-0.3, -0.25) is 9.59 Å². The Bertz CT molecular complexity index is 566. The number of carboxylic acids is 1. The van der Waals surface area contributed by atoms with E-state index in [1.54, 1.807) is 17.2 Å². The minimum Gasteiger partial charge on any atom is -0.477 e. The molecule has 1 fully saturated rings. The lowest BCUT2D eigenvalue weighted by atomic mass is 9.93. The molecule has 1 aromatic heterocycles. The first kappa shape index (κ1) is 15.1. The van der Waals surface area contributed by atoms with Gasteiger partial charge in [0.2, 0.25) is 11.8 Å². The molecule has 2 unspecified atom stereocenters. The molecule has 1 saturated heterocycles. The number of hydrogen-bond acceptors (Lipinski definition) is 3. The summed E-state index contributed by atoms with van der Waals surface area (Å²) < 4.78 is 1.39. The smallest absolute Gasteiger partial charge is 0.352 e. The molecule has 2 rings (SSSR count). The van der Waals surface area contributed by atoms with Gasteiger partial charge in [-0.15, -0.1) is 0 Å². The van der Waals surface area contributed by atoms with Gasteiger partial charge < -0.3 is 20.3 Å². The number of carboxylic acid groups (broad SMARTS) is 1. The van der Waals surface area contributed by atoms with Crippen LogP contribution in [0.5, 0.6) is 0 Å². The van der Waals surface area contributed by atoms with E-state index < -0.39 is 11.9 Å². The number of hydrogen-bond donors (Lipinski definition) is 2. The quantitative estimate of drug-likeness (QED) is 0.832. The Hall–Kier alpha value is -2.31. The van der Waals surface area contributed by atoms with Crippen LogP contribution in [0.3, 0.4) is 0 Å². The van der Waals surface area contributed by atoms with Crippen molar-refractivity contribution in [3.05, 3.63) is 24.0 Å². The summed E-state index contributed by atoms with van der Waals surface area (Å²) in [5.74, 6) is -2.00. The van der Waals surface area contributed by atoms with Crippen LogP contribution in [-0.4, -0.2) is 44.9 Å². The van der Waals surface area contributed by atoms with E-state index in [0.717, 1.165) is 6.42 Å². The number of rotatable bonds is 4. The Labute approximate surface area is 122 Å². The predicted molar refractivity (Wildman–Crippen MR) is 74.5 cm³/mol. The molecule has 21 heavy (non-hydrogen) atoms. The van der Waals surface area contributed by atoms with Crippen LogP contribution in [-0.2, 0) is 16.1 Å². The number of primary amides is 1. The van der Waals surface area contributed by atoms with Crippen LogP contribution in [0.1, 0.15) is 30.3 Å². The van der Waals surface area contributed by atoms with Gasteiger partial charge in [-0.1, -0.05) is 0 Å². The van der Waals surface area contributed by atoms with Crippen LogP contribution in [0.15, 0.2) is 18.3 Å². The Morgan fingerprint density at radius 3 is 2.71 bits per heavy atom. The van der Waals surface area contributed by atoms with Crippen LogP contribution < -0.4 is 5.73 Å². The zero-order valence-electron chi connectivity index (χ0n) is 11.9. The highest BCUT2D eigenvalue weighted by molar-refractivity contribution is 5.87. The molecular formula is C14H19N3O4. The van der Waals surface area contributed by atoms with Crippen molar-refractivity contribution in [2.24, 2.45) is 11.7 Å². The van der Waals surface area contributed by atoms with Crippen molar-refractivity contribution in [2.45, 2.75) is 32.4 Å². The third-order valence-corrected chi connectivity index (χ3v) is 3.96. The zero-order valence-corrected chi connectivity index (χ0v) is 11.9. The van der Waals surface area contributed by atoms with E-state index >= 15 is 0 Å². The van der Waals surface area contributed by atoms with E-state index in [2.05, 4.69) is 0 Å². The SMILES string of the molecule is CC1CCC(C(N)=O)CN1C(=O)Cn1cccc1C(=O)O. The summed E-state index contributed by atoms with van der Waals surface area (Å²) in [5, 5.41) is 9.04.